The van der Waals surface area contributed by atoms with Crippen LogP contribution in [0.2, 0.25) is 0 Å². The highest BCUT2D eigenvalue weighted by molar-refractivity contribution is 5.91. The van der Waals surface area contributed by atoms with Gasteiger partial charge in [0, 0.05) is 0 Å². The van der Waals surface area contributed by atoms with Crippen molar-refractivity contribution in [1.29, 1.82) is 0 Å². The van der Waals surface area contributed by atoms with Gasteiger partial charge in [-0.15, -0.1) is 0 Å². The van der Waals surface area contributed by atoms with Gasteiger partial charge in [0.1, 0.15) is 18.9 Å². The van der Waals surface area contributed by atoms with Crippen LogP contribution in [-0.2, 0) is 0 Å². The molecule has 2 amide bonds. The number of ether oxygens (including phenoxy) is 1. The van der Waals surface area contributed by atoms with E-state index < -0.39 is 18.8 Å². The molecule has 1 aromatic rings. The largest absolute Gasteiger partial charge is 0.483 e. The van der Waals surface area contributed by atoms with E-state index >= 15 is 0 Å². The molecular weight excluding hydrogens is 293 g/mol. The van der Waals surface area contributed by atoms with Gasteiger partial charge >= 0.3 is 12.2 Å². The van der Waals surface area contributed by atoms with E-state index in [0.717, 1.165) is 0 Å². The number of alkyl halides is 3. The highest BCUT2D eigenvalue weighted by Crippen LogP contribution is 2.23. The van der Waals surface area contributed by atoms with Crippen molar-refractivity contribution in [2.24, 2.45) is 10.9 Å². The van der Waals surface area contributed by atoms with Gasteiger partial charge in [-0.2, -0.15) is 13.2 Å². The van der Waals surface area contributed by atoms with Crippen molar-refractivity contribution in [3.8, 4) is 5.75 Å². The van der Waals surface area contributed by atoms with Crippen molar-refractivity contribution in [3.05, 3.63) is 24.3 Å². The Morgan fingerprint density at radius 1 is 1.38 bits per heavy atom. The van der Waals surface area contributed by atoms with Gasteiger partial charge in [-0.25, -0.2) is 4.79 Å². The Morgan fingerprint density at radius 3 is 2.67 bits per heavy atom. The lowest BCUT2D eigenvalue weighted by molar-refractivity contribution is -0.122. The van der Waals surface area contributed by atoms with E-state index in [9.17, 15) is 18.0 Å². The number of amides is 2. The van der Waals surface area contributed by atoms with Crippen LogP contribution in [0.3, 0.4) is 0 Å². The zero-order chi connectivity index (χ0) is 15.9. The third kappa shape index (κ3) is 6.36. The number of nitrogens with zero attached hydrogens (tertiary/aromatic N) is 1. The predicted molar refractivity (Wildman–Crippen MR) is 68.4 cm³/mol. The van der Waals surface area contributed by atoms with E-state index in [0.29, 0.717) is 0 Å². The maximum absolute atomic E-state index is 12.0. The van der Waals surface area contributed by atoms with Gasteiger partial charge in [-0.3, -0.25) is 0 Å². The normalized spacial score (nSPS) is 11.9. The van der Waals surface area contributed by atoms with Gasteiger partial charge in [0.05, 0.1) is 5.69 Å². The van der Waals surface area contributed by atoms with Gasteiger partial charge < -0.3 is 26.3 Å². The number of anilines is 1. The molecule has 0 saturated carbocycles. The fourth-order valence-electron chi connectivity index (χ4n) is 1.22. The van der Waals surface area contributed by atoms with E-state index in [1.807, 2.05) is 0 Å². The lowest BCUT2D eigenvalue weighted by Gasteiger charge is -2.13. The second-order valence-electron chi connectivity index (χ2n) is 3.80. The smallest absolute Gasteiger partial charge is 0.405 e. The summed E-state index contributed by atoms with van der Waals surface area (Å²) in [6.07, 6.45) is -4.50. The van der Waals surface area contributed by atoms with Gasteiger partial charge in [0.2, 0.25) is 0 Å². The van der Waals surface area contributed by atoms with E-state index in [-0.39, 0.29) is 23.9 Å². The predicted octanol–water partition coefficient (Wildman–Crippen LogP) is 1.50. The summed E-state index contributed by atoms with van der Waals surface area (Å²) in [6, 6.07) is 4.99. The Balaban J connectivity index is 2.64. The molecule has 0 atom stereocenters. The number of benzene rings is 1. The van der Waals surface area contributed by atoms with Crippen molar-refractivity contribution >= 4 is 17.6 Å². The molecule has 0 aliphatic carbocycles. The molecule has 10 heteroatoms. The minimum atomic E-state index is -4.50. The second-order valence-corrected chi connectivity index (χ2v) is 3.80. The lowest BCUT2D eigenvalue weighted by Crippen LogP contribution is -2.36. The van der Waals surface area contributed by atoms with E-state index in [2.05, 4.69) is 10.5 Å². The number of hydrogen-bond donors (Lipinski definition) is 4. The molecule has 0 aliphatic rings. The average Bonchev–Trinajstić information content (AvgIpc) is 2.43. The van der Waals surface area contributed by atoms with Crippen molar-refractivity contribution < 1.29 is 27.9 Å². The fraction of sp³-hybridized carbons (Fsp3) is 0.273. The Hall–Kier alpha value is -2.65. The average molecular weight is 306 g/mol. The molecule has 0 spiro atoms. The molecule has 21 heavy (non-hydrogen) atoms. The first-order chi connectivity index (χ1) is 9.81. The van der Waals surface area contributed by atoms with Crippen LogP contribution >= 0.6 is 0 Å². The number of rotatable bonds is 5. The number of halogens is 3. The zero-order valence-electron chi connectivity index (χ0n) is 10.6. The highest BCUT2D eigenvalue weighted by atomic mass is 19.4. The molecule has 0 fully saturated rings. The minimum absolute atomic E-state index is 0.142. The molecule has 0 aliphatic heterocycles. The number of carbonyl (C=O) groups is 1. The molecule has 1 aromatic carbocycles. The number of urea groups is 1. The molecule has 0 bridgehead atoms. The molecular formula is C11H13F3N4O3. The van der Waals surface area contributed by atoms with Gasteiger partial charge in [-0.05, 0) is 12.1 Å². The van der Waals surface area contributed by atoms with E-state index in [4.69, 9.17) is 15.7 Å². The monoisotopic (exact) mass is 306 g/mol. The zero-order valence-corrected chi connectivity index (χ0v) is 10.6. The maximum atomic E-state index is 12.0. The Labute approximate surface area is 117 Å². The summed E-state index contributed by atoms with van der Waals surface area (Å²) < 4.78 is 41.0. The van der Waals surface area contributed by atoms with Crippen LogP contribution in [0.25, 0.3) is 0 Å². The molecule has 0 saturated heterocycles. The summed E-state index contributed by atoms with van der Waals surface area (Å²) in [6.45, 7) is -1.70. The molecule has 5 N–H and O–H groups in total. The van der Waals surface area contributed by atoms with Crippen molar-refractivity contribution in [2.45, 2.75) is 6.18 Å². The topological polar surface area (TPSA) is 109 Å². The van der Waals surface area contributed by atoms with Gasteiger partial charge in [0.25, 0.3) is 0 Å². The summed E-state index contributed by atoms with van der Waals surface area (Å²) in [4.78, 5) is 11.3. The first-order valence-corrected chi connectivity index (χ1v) is 5.61. The quantitative estimate of drug-likeness (QED) is 0.286. The van der Waals surface area contributed by atoms with Crippen LogP contribution in [0.1, 0.15) is 0 Å². The van der Waals surface area contributed by atoms with Crippen molar-refractivity contribution in [2.75, 3.05) is 18.5 Å². The van der Waals surface area contributed by atoms with Gasteiger partial charge in [-0.1, -0.05) is 17.3 Å². The minimum Gasteiger partial charge on any atom is -0.483 e. The van der Waals surface area contributed by atoms with Gasteiger partial charge in [0.15, 0.2) is 5.84 Å². The molecule has 116 valence electrons. The first kappa shape index (κ1) is 16.4. The third-order valence-electron chi connectivity index (χ3n) is 2.09. The summed E-state index contributed by atoms with van der Waals surface area (Å²) >= 11 is 0. The molecule has 0 unspecified atom stereocenters. The Bertz CT molecular complexity index is 520. The number of oxime groups is 1. The van der Waals surface area contributed by atoms with Crippen LogP contribution in [0.15, 0.2) is 29.4 Å². The van der Waals surface area contributed by atoms with Crippen LogP contribution < -0.4 is 21.1 Å². The van der Waals surface area contributed by atoms with Crippen molar-refractivity contribution in [1.82, 2.24) is 5.32 Å². The standard InChI is InChI=1S/C11H13F3N4O3/c12-11(13,14)6-16-10(19)17-7-3-1-2-4-8(7)21-5-9(15)18-20/h1-4,20H,5-6H2,(H2,15,18)(H2,16,17,19). The Morgan fingerprint density at radius 2 is 2.05 bits per heavy atom. The summed E-state index contributed by atoms with van der Waals surface area (Å²) in [5.74, 6) is -0.0439. The molecule has 0 aromatic heterocycles. The van der Waals surface area contributed by atoms with Crippen LogP contribution in [0.4, 0.5) is 23.7 Å². The van der Waals surface area contributed by atoms with Crippen molar-refractivity contribution in [3.63, 3.8) is 0 Å². The SMILES string of the molecule is N/C(COc1ccccc1NC(=O)NCC(F)(F)F)=N/O. The number of amidine groups is 1. The second kappa shape index (κ2) is 7.22. The van der Waals surface area contributed by atoms with Crippen LogP contribution in [0, 0.1) is 0 Å². The van der Waals surface area contributed by atoms with Crippen LogP contribution in [-0.4, -0.2) is 36.4 Å². The summed E-state index contributed by atoms with van der Waals surface area (Å²) in [7, 11) is 0. The van der Waals surface area contributed by atoms with Crippen LogP contribution in [0.5, 0.6) is 5.75 Å². The number of carbonyl (C=O) groups excluding carboxylic acids is 1. The number of nitrogens with one attached hydrogen (secondary N) is 2. The Kier molecular flexibility index (Phi) is 5.64. The maximum Gasteiger partial charge on any atom is 0.405 e. The molecule has 1 rings (SSSR count). The molecule has 7 nitrogen and oxygen atoms in total. The van der Waals surface area contributed by atoms with E-state index in [1.165, 1.54) is 12.1 Å². The third-order valence-corrected chi connectivity index (χ3v) is 2.09. The highest BCUT2D eigenvalue weighted by Gasteiger charge is 2.27. The molecule has 0 radical (unpaired) electrons. The number of nitrogens with two attached hydrogens (primary N) is 1. The summed E-state index contributed by atoms with van der Waals surface area (Å²) in [5, 5.41) is 14.9. The fourth-order valence-corrected chi connectivity index (χ4v) is 1.22. The number of para-hydroxylation sites is 2. The lowest BCUT2D eigenvalue weighted by atomic mass is 10.3. The first-order valence-electron chi connectivity index (χ1n) is 5.61. The molecule has 0 heterocycles. The summed E-state index contributed by atoms with van der Waals surface area (Å²) in [5.41, 5.74) is 5.36. The number of hydrogen-bond acceptors (Lipinski definition) is 4. The van der Waals surface area contributed by atoms with E-state index in [1.54, 1.807) is 17.4 Å².